The van der Waals surface area contributed by atoms with Gasteiger partial charge in [0, 0.05) is 72.0 Å². The van der Waals surface area contributed by atoms with Gasteiger partial charge in [-0.15, -0.1) is 0 Å². The summed E-state index contributed by atoms with van der Waals surface area (Å²) in [6, 6.07) is 9.59. The van der Waals surface area contributed by atoms with Crippen LogP contribution in [0.25, 0.3) is 0 Å². The molecule has 268 valence electrons. The van der Waals surface area contributed by atoms with Gasteiger partial charge in [-0.05, 0) is 32.8 Å². The Morgan fingerprint density at radius 1 is 0.723 bits per heavy atom. The highest BCUT2D eigenvalue weighted by molar-refractivity contribution is 7.88. The summed E-state index contributed by atoms with van der Waals surface area (Å²) in [5.41, 5.74) is 1.00. The average molecular weight is 686 g/mol. The SMILES string of the molecule is CCOC(=O)CN1CCN(CC(=O)OCC)CCN(CC(O)CN(CCc2ccccc2)S(C)(=O)=O)CCN(CC(=O)OCC)CC1. The largest absolute Gasteiger partial charge is 0.465 e. The molecule has 1 N–H and O–H groups in total. The van der Waals surface area contributed by atoms with Crippen LogP contribution in [0, 0.1) is 0 Å². The summed E-state index contributed by atoms with van der Waals surface area (Å²) < 4.78 is 42.1. The van der Waals surface area contributed by atoms with Crippen LogP contribution in [0.3, 0.4) is 0 Å². The van der Waals surface area contributed by atoms with E-state index in [4.69, 9.17) is 14.2 Å². The first-order valence-corrected chi connectivity index (χ1v) is 18.3. The molecule has 0 aromatic heterocycles. The number of aliphatic hydroxyl groups excluding tert-OH is 1. The number of hydrogen-bond donors (Lipinski definition) is 1. The molecule has 1 aliphatic heterocycles. The lowest BCUT2D eigenvalue weighted by atomic mass is 10.1. The molecule has 0 aliphatic carbocycles. The number of carbonyl (C=O) groups is 3. The molecule has 0 spiro atoms. The molecule has 1 atom stereocenters. The van der Waals surface area contributed by atoms with Crippen LogP contribution in [-0.4, -0.2) is 179 Å². The Hall–Kier alpha value is -2.66. The van der Waals surface area contributed by atoms with Crippen molar-refractivity contribution in [2.75, 3.05) is 118 Å². The van der Waals surface area contributed by atoms with Gasteiger partial charge in [-0.25, -0.2) is 8.42 Å². The highest BCUT2D eigenvalue weighted by Gasteiger charge is 2.25. The third-order valence-electron chi connectivity index (χ3n) is 7.75. The molecule has 1 heterocycles. The number of carbonyl (C=O) groups excluding carboxylic acids is 3. The quantitative estimate of drug-likeness (QED) is 0.170. The van der Waals surface area contributed by atoms with E-state index in [0.29, 0.717) is 58.8 Å². The van der Waals surface area contributed by atoms with E-state index in [1.165, 1.54) is 4.31 Å². The Kier molecular flexibility index (Phi) is 19.0. The van der Waals surface area contributed by atoms with Gasteiger partial charge in [0.1, 0.15) is 0 Å². The van der Waals surface area contributed by atoms with Crippen molar-refractivity contribution in [3.8, 4) is 0 Å². The predicted octanol–water partition coefficient (Wildman–Crippen LogP) is -0.237. The Bertz CT molecular complexity index is 1140. The van der Waals surface area contributed by atoms with Crippen molar-refractivity contribution in [2.45, 2.75) is 33.3 Å². The second-order valence-electron chi connectivity index (χ2n) is 11.6. The molecule has 0 radical (unpaired) electrons. The van der Waals surface area contributed by atoms with Gasteiger partial charge in [0.25, 0.3) is 0 Å². The van der Waals surface area contributed by atoms with Gasteiger partial charge in [-0.2, -0.15) is 4.31 Å². The fourth-order valence-electron chi connectivity index (χ4n) is 5.28. The molecule has 47 heavy (non-hydrogen) atoms. The van der Waals surface area contributed by atoms with Gasteiger partial charge in [0.2, 0.25) is 10.0 Å². The van der Waals surface area contributed by atoms with Crippen molar-refractivity contribution in [1.29, 1.82) is 0 Å². The Morgan fingerprint density at radius 3 is 1.47 bits per heavy atom. The Labute approximate surface area is 280 Å². The maximum Gasteiger partial charge on any atom is 0.320 e. The van der Waals surface area contributed by atoms with E-state index < -0.39 is 16.1 Å². The first-order chi connectivity index (χ1) is 22.4. The minimum atomic E-state index is -3.58. The van der Waals surface area contributed by atoms with Crippen LogP contribution in [0.4, 0.5) is 0 Å². The van der Waals surface area contributed by atoms with Crippen LogP contribution in [0.15, 0.2) is 30.3 Å². The molecule has 1 aromatic rings. The fraction of sp³-hybridized carbons (Fsp3) is 0.719. The van der Waals surface area contributed by atoms with Gasteiger partial charge >= 0.3 is 17.9 Å². The number of rotatable bonds is 17. The molecule has 0 amide bonds. The first-order valence-electron chi connectivity index (χ1n) is 16.5. The molecule has 1 aromatic carbocycles. The summed E-state index contributed by atoms with van der Waals surface area (Å²) in [4.78, 5) is 45.1. The molecule has 15 heteroatoms. The first kappa shape index (κ1) is 40.5. The van der Waals surface area contributed by atoms with Crippen molar-refractivity contribution in [3.05, 3.63) is 35.9 Å². The summed E-state index contributed by atoms with van der Waals surface area (Å²) >= 11 is 0. The maximum atomic E-state index is 12.6. The lowest BCUT2D eigenvalue weighted by Gasteiger charge is -2.34. The van der Waals surface area contributed by atoms with Crippen molar-refractivity contribution in [3.63, 3.8) is 0 Å². The zero-order valence-electron chi connectivity index (χ0n) is 28.5. The van der Waals surface area contributed by atoms with E-state index in [1.54, 1.807) is 20.8 Å². The number of sulfonamides is 1. The zero-order chi connectivity index (χ0) is 34.7. The summed E-state index contributed by atoms with van der Waals surface area (Å²) in [5, 5.41) is 11.2. The predicted molar refractivity (Wildman–Crippen MR) is 178 cm³/mol. The summed E-state index contributed by atoms with van der Waals surface area (Å²) in [5.74, 6) is -1.06. The second kappa shape index (κ2) is 22.1. The number of nitrogens with zero attached hydrogens (tertiary/aromatic N) is 5. The molecule has 0 saturated carbocycles. The van der Waals surface area contributed by atoms with E-state index in [2.05, 4.69) is 0 Å². The molecule has 0 bridgehead atoms. The summed E-state index contributed by atoms with van der Waals surface area (Å²) in [6.45, 7) is 10.3. The molecule has 1 aliphatic rings. The molecular weight excluding hydrogens is 630 g/mol. The van der Waals surface area contributed by atoms with E-state index in [-0.39, 0.29) is 77.0 Å². The van der Waals surface area contributed by atoms with E-state index in [0.717, 1.165) is 11.8 Å². The van der Waals surface area contributed by atoms with E-state index in [1.807, 2.05) is 49.9 Å². The van der Waals surface area contributed by atoms with Crippen LogP contribution >= 0.6 is 0 Å². The monoisotopic (exact) mass is 685 g/mol. The summed E-state index contributed by atoms with van der Waals surface area (Å²) in [7, 11) is -3.58. The number of aliphatic hydroxyl groups is 1. The Morgan fingerprint density at radius 2 is 1.11 bits per heavy atom. The van der Waals surface area contributed by atoms with Gasteiger partial charge < -0.3 is 19.3 Å². The third-order valence-corrected chi connectivity index (χ3v) is 9.02. The second-order valence-corrected chi connectivity index (χ2v) is 13.5. The normalized spacial score (nSPS) is 17.4. The lowest BCUT2D eigenvalue weighted by Crippen LogP contribution is -2.50. The number of hydrogen-bond acceptors (Lipinski definition) is 13. The van der Waals surface area contributed by atoms with Crippen LogP contribution in [0.5, 0.6) is 0 Å². The highest BCUT2D eigenvalue weighted by atomic mass is 32.2. The van der Waals surface area contributed by atoms with E-state index in [9.17, 15) is 27.9 Å². The molecule has 2 rings (SSSR count). The van der Waals surface area contributed by atoms with Gasteiger partial charge in [-0.3, -0.25) is 34.0 Å². The maximum absolute atomic E-state index is 12.6. The third kappa shape index (κ3) is 17.3. The van der Waals surface area contributed by atoms with Crippen molar-refractivity contribution in [2.24, 2.45) is 0 Å². The van der Waals surface area contributed by atoms with Gasteiger partial charge in [0.15, 0.2) is 0 Å². The highest BCUT2D eigenvalue weighted by Crippen LogP contribution is 2.08. The van der Waals surface area contributed by atoms with Crippen LogP contribution < -0.4 is 0 Å². The molecular formula is C32H55N5O9S. The molecule has 14 nitrogen and oxygen atoms in total. The molecule has 1 saturated heterocycles. The fourth-order valence-corrected chi connectivity index (χ4v) is 6.15. The van der Waals surface area contributed by atoms with Crippen molar-refractivity contribution >= 4 is 27.9 Å². The average Bonchev–Trinajstić information content (AvgIpc) is 3.00. The minimum Gasteiger partial charge on any atom is -0.465 e. The standard InChI is InChI=1S/C32H55N5O9S/c1-5-44-30(39)25-34-17-15-33(23-29(38)24-37(47(4,42)43)14-13-28-11-9-8-10-12-28)16-18-35(26-31(40)45-6-2)20-22-36(21-19-34)27-32(41)46-7-3/h8-12,29,38H,5-7,13-27H2,1-4H3. The van der Waals surface area contributed by atoms with Crippen molar-refractivity contribution in [1.82, 2.24) is 23.9 Å². The molecule has 1 unspecified atom stereocenters. The molecule has 1 fully saturated rings. The smallest absolute Gasteiger partial charge is 0.320 e. The van der Waals surface area contributed by atoms with Gasteiger partial charge in [-0.1, -0.05) is 30.3 Å². The summed E-state index contributed by atoms with van der Waals surface area (Å²) in [6.07, 6.45) is 0.682. The number of ether oxygens (including phenoxy) is 3. The lowest BCUT2D eigenvalue weighted by molar-refractivity contribution is -0.146. The Balaban J connectivity index is 2.21. The topological polar surface area (TPSA) is 149 Å². The van der Waals surface area contributed by atoms with Crippen LogP contribution in [0.1, 0.15) is 26.3 Å². The van der Waals surface area contributed by atoms with Crippen molar-refractivity contribution < 1.29 is 42.1 Å². The van der Waals surface area contributed by atoms with E-state index >= 15 is 0 Å². The number of esters is 3. The minimum absolute atomic E-state index is 0.0633. The van der Waals surface area contributed by atoms with Crippen LogP contribution in [0.2, 0.25) is 0 Å². The number of β-amino-alcohol motifs (C(OH)–C–C–N with tert-alkyl or cyclic N) is 1. The zero-order valence-corrected chi connectivity index (χ0v) is 29.4. The number of benzene rings is 1. The van der Waals surface area contributed by atoms with Crippen LogP contribution in [-0.2, 0) is 45.0 Å². The van der Waals surface area contributed by atoms with Gasteiger partial charge in [0.05, 0.1) is 51.8 Å².